The zero-order chi connectivity index (χ0) is 8.97. The third kappa shape index (κ3) is 2.11. The van der Waals surface area contributed by atoms with E-state index in [1.807, 2.05) is 0 Å². The Kier molecular flexibility index (Phi) is 3.34. The van der Waals surface area contributed by atoms with Crippen LogP contribution in [0.4, 0.5) is 4.79 Å². The van der Waals surface area contributed by atoms with Gasteiger partial charge in [-0.1, -0.05) is 13.3 Å². The van der Waals surface area contributed by atoms with Crippen LogP contribution in [0.5, 0.6) is 0 Å². The van der Waals surface area contributed by atoms with E-state index in [4.69, 9.17) is 5.73 Å². The Hall–Kier alpha value is -0.770. The van der Waals surface area contributed by atoms with E-state index in [-0.39, 0.29) is 6.03 Å². The fourth-order valence-corrected chi connectivity index (χ4v) is 1.64. The number of nitrogens with two attached hydrogens (primary N) is 1. The lowest BCUT2D eigenvalue weighted by molar-refractivity contribution is 0.162. The number of piperazine rings is 1. The van der Waals surface area contributed by atoms with Crippen LogP contribution in [0.3, 0.4) is 0 Å². The lowest BCUT2D eigenvalue weighted by Crippen LogP contribution is -2.55. The number of hydrogen-bond acceptors (Lipinski definition) is 2. The van der Waals surface area contributed by atoms with Crippen LogP contribution >= 0.6 is 0 Å². The molecule has 70 valence electrons. The van der Waals surface area contributed by atoms with E-state index in [2.05, 4.69) is 12.2 Å². The van der Waals surface area contributed by atoms with Crippen molar-refractivity contribution in [3.8, 4) is 0 Å². The van der Waals surface area contributed by atoms with E-state index in [1.165, 1.54) is 0 Å². The predicted molar refractivity (Wildman–Crippen MR) is 47.9 cm³/mol. The zero-order valence-corrected chi connectivity index (χ0v) is 7.55. The molecule has 1 aliphatic rings. The van der Waals surface area contributed by atoms with Gasteiger partial charge in [-0.15, -0.1) is 0 Å². The number of primary amides is 1. The number of urea groups is 1. The first-order valence-electron chi connectivity index (χ1n) is 4.52. The fourth-order valence-electron chi connectivity index (χ4n) is 1.64. The highest BCUT2D eigenvalue weighted by atomic mass is 16.2. The lowest BCUT2D eigenvalue weighted by Gasteiger charge is -2.34. The summed E-state index contributed by atoms with van der Waals surface area (Å²) in [6.45, 7) is 4.62. The standard InChI is InChI=1S/C8H17N3O/c1-2-3-7-6-10-4-5-11(7)8(9)12/h7,10H,2-6H2,1H3,(H2,9,12). The van der Waals surface area contributed by atoms with Crippen LogP contribution in [0, 0.1) is 0 Å². The van der Waals surface area contributed by atoms with E-state index < -0.39 is 0 Å². The van der Waals surface area contributed by atoms with Crippen molar-refractivity contribution in [3.05, 3.63) is 0 Å². The second-order valence-electron chi connectivity index (χ2n) is 3.18. The molecule has 1 atom stereocenters. The van der Waals surface area contributed by atoms with Crippen LogP contribution in [-0.2, 0) is 0 Å². The summed E-state index contributed by atoms with van der Waals surface area (Å²) < 4.78 is 0. The van der Waals surface area contributed by atoms with Gasteiger partial charge in [-0.2, -0.15) is 0 Å². The minimum absolute atomic E-state index is 0.282. The first-order chi connectivity index (χ1) is 5.75. The molecular formula is C8H17N3O. The molecule has 0 aromatic heterocycles. The number of amides is 2. The maximum Gasteiger partial charge on any atom is 0.315 e. The highest BCUT2D eigenvalue weighted by Gasteiger charge is 2.23. The number of nitrogens with one attached hydrogen (secondary N) is 1. The van der Waals surface area contributed by atoms with Crippen LogP contribution in [0.25, 0.3) is 0 Å². The summed E-state index contributed by atoms with van der Waals surface area (Å²) in [6.07, 6.45) is 2.13. The Morgan fingerprint density at radius 1 is 1.75 bits per heavy atom. The van der Waals surface area contributed by atoms with Crippen molar-refractivity contribution in [2.75, 3.05) is 19.6 Å². The molecule has 0 aliphatic carbocycles. The first kappa shape index (κ1) is 9.32. The van der Waals surface area contributed by atoms with Crippen molar-refractivity contribution in [1.82, 2.24) is 10.2 Å². The average molecular weight is 171 g/mol. The average Bonchev–Trinajstić information content (AvgIpc) is 2.05. The fraction of sp³-hybridized carbons (Fsp3) is 0.875. The second-order valence-corrected chi connectivity index (χ2v) is 3.18. The number of rotatable bonds is 2. The highest BCUT2D eigenvalue weighted by Crippen LogP contribution is 2.08. The van der Waals surface area contributed by atoms with E-state index >= 15 is 0 Å². The highest BCUT2D eigenvalue weighted by molar-refractivity contribution is 5.72. The summed E-state index contributed by atoms with van der Waals surface area (Å²) in [6, 6.07) is 0.0243. The van der Waals surface area contributed by atoms with Crippen LogP contribution < -0.4 is 11.1 Å². The molecule has 1 unspecified atom stereocenters. The van der Waals surface area contributed by atoms with Crippen LogP contribution in [-0.4, -0.2) is 36.6 Å². The molecule has 2 amide bonds. The molecule has 4 heteroatoms. The van der Waals surface area contributed by atoms with Crippen molar-refractivity contribution in [2.45, 2.75) is 25.8 Å². The quantitative estimate of drug-likeness (QED) is 0.621. The van der Waals surface area contributed by atoms with E-state index in [9.17, 15) is 4.79 Å². The Morgan fingerprint density at radius 3 is 3.08 bits per heavy atom. The number of nitrogens with zero attached hydrogens (tertiary/aromatic N) is 1. The van der Waals surface area contributed by atoms with Crippen molar-refractivity contribution < 1.29 is 4.79 Å². The molecule has 0 bridgehead atoms. The van der Waals surface area contributed by atoms with Crippen LogP contribution in [0.2, 0.25) is 0 Å². The molecule has 0 saturated carbocycles. The molecule has 1 rings (SSSR count). The van der Waals surface area contributed by atoms with Gasteiger partial charge in [-0.05, 0) is 6.42 Å². The van der Waals surface area contributed by atoms with Crippen molar-refractivity contribution in [1.29, 1.82) is 0 Å². The number of carbonyl (C=O) groups excluding carboxylic acids is 1. The van der Waals surface area contributed by atoms with Crippen LogP contribution in [0.1, 0.15) is 19.8 Å². The topological polar surface area (TPSA) is 58.4 Å². The van der Waals surface area contributed by atoms with Crippen molar-refractivity contribution in [2.24, 2.45) is 5.73 Å². The van der Waals surface area contributed by atoms with E-state index in [1.54, 1.807) is 4.90 Å². The Labute approximate surface area is 73.1 Å². The van der Waals surface area contributed by atoms with Crippen molar-refractivity contribution in [3.63, 3.8) is 0 Å². The van der Waals surface area contributed by atoms with Gasteiger partial charge in [0.05, 0.1) is 0 Å². The molecule has 0 spiro atoms. The van der Waals surface area contributed by atoms with Gasteiger partial charge < -0.3 is 16.0 Å². The van der Waals surface area contributed by atoms with Gasteiger partial charge in [-0.25, -0.2) is 4.79 Å². The van der Waals surface area contributed by atoms with Gasteiger partial charge in [0.25, 0.3) is 0 Å². The third-order valence-corrected chi connectivity index (χ3v) is 2.26. The summed E-state index contributed by atoms with van der Waals surface area (Å²) in [5.41, 5.74) is 5.25. The minimum Gasteiger partial charge on any atom is -0.351 e. The zero-order valence-electron chi connectivity index (χ0n) is 7.55. The van der Waals surface area contributed by atoms with E-state index in [0.29, 0.717) is 6.04 Å². The summed E-state index contributed by atoms with van der Waals surface area (Å²) in [5, 5.41) is 3.26. The molecule has 3 N–H and O–H groups in total. The number of hydrogen-bond donors (Lipinski definition) is 2. The maximum atomic E-state index is 11.0. The summed E-state index contributed by atoms with van der Waals surface area (Å²) in [5.74, 6) is 0. The minimum atomic E-state index is -0.282. The molecule has 1 heterocycles. The van der Waals surface area contributed by atoms with Gasteiger partial charge in [0.2, 0.25) is 0 Å². The Bertz CT molecular complexity index is 158. The van der Waals surface area contributed by atoms with Crippen LogP contribution in [0.15, 0.2) is 0 Å². The second kappa shape index (κ2) is 4.30. The van der Waals surface area contributed by atoms with Gasteiger partial charge in [0.1, 0.15) is 0 Å². The largest absolute Gasteiger partial charge is 0.351 e. The van der Waals surface area contributed by atoms with E-state index in [0.717, 1.165) is 32.5 Å². The SMILES string of the molecule is CCCC1CNCCN1C(N)=O. The summed E-state index contributed by atoms with van der Waals surface area (Å²) >= 11 is 0. The van der Waals surface area contributed by atoms with Gasteiger partial charge in [-0.3, -0.25) is 0 Å². The molecule has 0 aromatic rings. The van der Waals surface area contributed by atoms with Gasteiger partial charge in [0, 0.05) is 25.7 Å². The lowest BCUT2D eigenvalue weighted by atomic mass is 10.1. The summed E-state index contributed by atoms with van der Waals surface area (Å²) in [7, 11) is 0. The molecule has 0 radical (unpaired) electrons. The Morgan fingerprint density at radius 2 is 2.50 bits per heavy atom. The molecule has 1 fully saturated rings. The predicted octanol–water partition coefficient (Wildman–Crippen LogP) is 0.139. The monoisotopic (exact) mass is 171 g/mol. The third-order valence-electron chi connectivity index (χ3n) is 2.26. The molecule has 1 saturated heterocycles. The molecule has 12 heavy (non-hydrogen) atoms. The maximum absolute atomic E-state index is 11.0. The van der Waals surface area contributed by atoms with Gasteiger partial charge >= 0.3 is 6.03 Å². The Balaban J connectivity index is 2.48. The molecular weight excluding hydrogens is 154 g/mol. The molecule has 1 aliphatic heterocycles. The summed E-state index contributed by atoms with van der Waals surface area (Å²) in [4.78, 5) is 12.7. The molecule has 0 aromatic carbocycles. The molecule has 4 nitrogen and oxygen atoms in total. The number of carbonyl (C=O) groups is 1. The normalized spacial score (nSPS) is 24.1. The van der Waals surface area contributed by atoms with Crippen molar-refractivity contribution >= 4 is 6.03 Å². The smallest absolute Gasteiger partial charge is 0.315 e. The first-order valence-corrected chi connectivity index (χ1v) is 4.52. The van der Waals surface area contributed by atoms with Gasteiger partial charge in [0.15, 0.2) is 0 Å².